The van der Waals surface area contributed by atoms with Crippen molar-refractivity contribution in [2.75, 3.05) is 30.3 Å². The first-order valence-electron chi connectivity index (χ1n) is 4.73. The molecule has 0 saturated heterocycles. The van der Waals surface area contributed by atoms with Crippen LogP contribution in [0.15, 0.2) is 18.2 Å². The fourth-order valence-corrected chi connectivity index (χ4v) is 1.59. The van der Waals surface area contributed by atoms with Gasteiger partial charge in [0, 0.05) is 11.6 Å². The molecule has 90 valence electrons. The molecule has 1 rings (SSSR count). The molecule has 0 atom stereocenters. The van der Waals surface area contributed by atoms with Gasteiger partial charge in [-0.1, -0.05) is 11.6 Å². The molecule has 0 aromatic heterocycles. The Morgan fingerprint density at radius 1 is 1.44 bits per heavy atom. The van der Waals surface area contributed by atoms with E-state index in [1.807, 2.05) is 0 Å². The third-order valence-corrected chi connectivity index (χ3v) is 2.29. The number of nitrogen functional groups attached to an aromatic ring is 1. The number of aliphatic hydroxyl groups is 1. The lowest BCUT2D eigenvalue weighted by Crippen LogP contribution is -2.32. The van der Waals surface area contributed by atoms with Crippen LogP contribution in [0, 0.1) is 0 Å². The molecule has 0 aliphatic rings. The molecule has 0 aliphatic carbocycles. The van der Waals surface area contributed by atoms with Crippen molar-refractivity contribution < 1.29 is 13.9 Å². The highest BCUT2D eigenvalue weighted by Gasteiger charge is 2.14. The Morgan fingerprint density at radius 3 is 2.62 bits per heavy atom. The van der Waals surface area contributed by atoms with Crippen molar-refractivity contribution in [2.45, 2.75) is 6.43 Å². The maximum atomic E-state index is 12.3. The molecular formula is C10H13ClF2N2O. The van der Waals surface area contributed by atoms with Crippen LogP contribution in [0.2, 0.25) is 5.02 Å². The number of aliphatic hydroxyl groups excluding tert-OH is 1. The van der Waals surface area contributed by atoms with Crippen molar-refractivity contribution in [1.82, 2.24) is 0 Å². The second-order valence-corrected chi connectivity index (χ2v) is 3.70. The van der Waals surface area contributed by atoms with Crippen LogP contribution in [0.4, 0.5) is 20.2 Å². The van der Waals surface area contributed by atoms with Crippen molar-refractivity contribution in [3.8, 4) is 0 Å². The van der Waals surface area contributed by atoms with E-state index in [2.05, 4.69) is 0 Å². The van der Waals surface area contributed by atoms with Gasteiger partial charge >= 0.3 is 0 Å². The maximum absolute atomic E-state index is 12.3. The summed E-state index contributed by atoms with van der Waals surface area (Å²) in [6.07, 6.45) is -2.48. The maximum Gasteiger partial charge on any atom is 0.255 e. The van der Waals surface area contributed by atoms with Gasteiger partial charge in [-0.25, -0.2) is 8.78 Å². The Kier molecular flexibility index (Phi) is 4.76. The SMILES string of the molecule is Nc1cc(Cl)ccc1N(CCO)CC(F)F. The van der Waals surface area contributed by atoms with E-state index >= 15 is 0 Å². The second kappa shape index (κ2) is 5.86. The van der Waals surface area contributed by atoms with Crippen LogP contribution in [-0.2, 0) is 0 Å². The van der Waals surface area contributed by atoms with Crippen LogP contribution in [0.1, 0.15) is 0 Å². The van der Waals surface area contributed by atoms with Crippen LogP contribution in [-0.4, -0.2) is 31.2 Å². The van der Waals surface area contributed by atoms with Crippen molar-refractivity contribution >= 4 is 23.0 Å². The molecule has 0 saturated carbocycles. The summed E-state index contributed by atoms with van der Waals surface area (Å²) >= 11 is 5.71. The number of benzene rings is 1. The minimum Gasteiger partial charge on any atom is -0.397 e. The Bertz CT molecular complexity index is 350. The van der Waals surface area contributed by atoms with E-state index in [-0.39, 0.29) is 13.2 Å². The van der Waals surface area contributed by atoms with E-state index in [9.17, 15) is 8.78 Å². The monoisotopic (exact) mass is 250 g/mol. The molecule has 0 heterocycles. The van der Waals surface area contributed by atoms with Gasteiger partial charge in [0.1, 0.15) is 0 Å². The first kappa shape index (κ1) is 13.0. The molecule has 1 aromatic rings. The summed E-state index contributed by atoms with van der Waals surface area (Å²) in [6.45, 7) is -0.572. The molecule has 6 heteroatoms. The molecular weight excluding hydrogens is 238 g/mol. The van der Waals surface area contributed by atoms with Gasteiger partial charge in [0.05, 0.1) is 24.5 Å². The van der Waals surface area contributed by atoms with Crippen LogP contribution in [0.25, 0.3) is 0 Å². The summed E-state index contributed by atoms with van der Waals surface area (Å²) < 4.78 is 24.6. The average molecular weight is 251 g/mol. The zero-order valence-corrected chi connectivity index (χ0v) is 9.29. The number of alkyl halides is 2. The zero-order chi connectivity index (χ0) is 12.1. The molecule has 3 N–H and O–H groups in total. The molecule has 16 heavy (non-hydrogen) atoms. The summed E-state index contributed by atoms with van der Waals surface area (Å²) in [4.78, 5) is 1.33. The molecule has 0 bridgehead atoms. The predicted octanol–water partition coefficient (Wildman–Crippen LogP) is 1.99. The van der Waals surface area contributed by atoms with E-state index in [1.54, 1.807) is 12.1 Å². The summed E-state index contributed by atoms with van der Waals surface area (Å²) in [5, 5.41) is 9.25. The number of nitrogens with zero attached hydrogens (tertiary/aromatic N) is 1. The van der Waals surface area contributed by atoms with Crippen LogP contribution < -0.4 is 10.6 Å². The molecule has 0 unspecified atom stereocenters. The van der Waals surface area contributed by atoms with Gasteiger partial charge in [-0.05, 0) is 18.2 Å². The summed E-state index contributed by atoms with van der Waals surface area (Å²) in [6, 6.07) is 4.63. The third kappa shape index (κ3) is 3.50. The van der Waals surface area contributed by atoms with Gasteiger partial charge in [-0.3, -0.25) is 0 Å². The quantitative estimate of drug-likeness (QED) is 0.786. The Hall–Kier alpha value is -1.07. The molecule has 0 amide bonds. The highest BCUT2D eigenvalue weighted by molar-refractivity contribution is 6.31. The minimum atomic E-state index is -2.48. The van der Waals surface area contributed by atoms with Crippen molar-refractivity contribution in [1.29, 1.82) is 0 Å². The fourth-order valence-electron chi connectivity index (χ4n) is 1.41. The summed E-state index contributed by atoms with van der Waals surface area (Å²) in [5.74, 6) is 0. The van der Waals surface area contributed by atoms with Gasteiger partial charge in [0.2, 0.25) is 0 Å². The zero-order valence-electron chi connectivity index (χ0n) is 8.54. The highest BCUT2D eigenvalue weighted by Crippen LogP contribution is 2.26. The molecule has 3 nitrogen and oxygen atoms in total. The van der Waals surface area contributed by atoms with Crippen LogP contribution >= 0.6 is 11.6 Å². The van der Waals surface area contributed by atoms with Gasteiger partial charge in [-0.2, -0.15) is 0 Å². The number of rotatable bonds is 5. The van der Waals surface area contributed by atoms with Crippen molar-refractivity contribution in [2.24, 2.45) is 0 Å². The van der Waals surface area contributed by atoms with E-state index in [0.29, 0.717) is 16.4 Å². The van der Waals surface area contributed by atoms with Crippen LogP contribution in [0.3, 0.4) is 0 Å². The number of anilines is 2. The van der Waals surface area contributed by atoms with E-state index in [0.717, 1.165) is 0 Å². The van der Waals surface area contributed by atoms with Gasteiger partial charge in [-0.15, -0.1) is 0 Å². The number of hydrogen-bond acceptors (Lipinski definition) is 3. The van der Waals surface area contributed by atoms with Crippen LogP contribution in [0.5, 0.6) is 0 Å². The number of nitrogens with two attached hydrogens (primary N) is 1. The standard InChI is InChI=1S/C10H13ClF2N2O/c11-7-1-2-9(8(14)5-7)15(3-4-16)6-10(12)13/h1-2,5,10,16H,3-4,6,14H2. The lowest BCUT2D eigenvalue weighted by molar-refractivity contribution is 0.153. The summed E-state index contributed by atoms with van der Waals surface area (Å²) in [7, 11) is 0. The number of hydrogen-bond donors (Lipinski definition) is 2. The Morgan fingerprint density at radius 2 is 2.12 bits per heavy atom. The Balaban J connectivity index is 2.91. The third-order valence-electron chi connectivity index (χ3n) is 2.06. The number of halogens is 3. The first-order chi connectivity index (χ1) is 7.54. The lowest BCUT2D eigenvalue weighted by Gasteiger charge is -2.24. The average Bonchev–Trinajstić information content (AvgIpc) is 2.16. The molecule has 0 spiro atoms. The van der Waals surface area contributed by atoms with Crippen molar-refractivity contribution in [3.05, 3.63) is 23.2 Å². The highest BCUT2D eigenvalue weighted by atomic mass is 35.5. The summed E-state index contributed by atoms with van der Waals surface area (Å²) in [5.41, 5.74) is 6.45. The lowest BCUT2D eigenvalue weighted by atomic mass is 10.2. The van der Waals surface area contributed by atoms with E-state index in [1.165, 1.54) is 11.0 Å². The predicted molar refractivity (Wildman–Crippen MR) is 61.2 cm³/mol. The normalized spacial score (nSPS) is 10.8. The fraction of sp³-hybridized carbons (Fsp3) is 0.400. The molecule has 0 radical (unpaired) electrons. The van der Waals surface area contributed by atoms with E-state index in [4.69, 9.17) is 22.4 Å². The van der Waals surface area contributed by atoms with E-state index < -0.39 is 13.0 Å². The molecule has 0 aliphatic heterocycles. The second-order valence-electron chi connectivity index (χ2n) is 3.26. The first-order valence-corrected chi connectivity index (χ1v) is 5.11. The molecule has 0 fully saturated rings. The van der Waals surface area contributed by atoms with Gasteiger partial charge < -0.3 is 15.7 Å². The largest absolute Gasteiger partial charge is 0.397 e. The van der Waals surface area contributed by atoms with Crippen molar-refractivity contribution in [3.63, 3.8) is 0 Å². The Labute approximate surface area is 97.4 Å². The smallest absolute Gasteiger partial charge is 0.255 e. The molecule has 1 aromatic carbocycles. The van der Waals surface area contributed by atoms with Gasteiger partial charge in [0.15, 0.2) is 0 Å². The minimum absolute atomic E-state index is 0.107. The topological polar surface area (TPSA) is 49.5 Å². The van der Waals surface area contributed by atoms with Gasteiger partial charge in [0.25, 0.3) is 6.43 Å².